The van der Waals surface area contributed by atoms with Gasteiger partial charge in [-0.15, -0.1) is 0 Å². The third-order valence-electron chi connectivity index (χ3n) is 2.94. The fourth-order valence-electron chi connectivity index (χ4n) is 1.79. The van der Waals surface area contributed by atoms with E-state index in [9.17, 15) is 5.11 Å². The molecule has 1 aromatic carbocycles. The molecule has 2 unspecified atom stereocenters. The van der Waals surface area contributed by atoms with Crippen LogP contribution in [0.15, 0.2) is 30.3 Å². The zero-order chi connectivity index (χ0) is 11.1. The summed E-state index contributed by atoms with van der Waals surface area (Å²) in [6.45, 7) is 2.65. The van der Waals surface area contributed by atoms with Crippen molar-refractivity contribution in [2.45, 2.75) is 32.3 Å². The Bertz CT molecular complexity index is 256. The Labute approximate surface area is 92.1 Å². The van der Waals surface area contributed by atoms with Crippen molar-refractivity contribution in [3.8, 4) is 0 Å². The molecule has 3 N–H and O–H groups in total. The van der Waals surface area contributed by atoms with Gasteiger partial charge < -0.3 is 10.8 Å². The van der Waals surface area contributed by atoms with Gasteiger partial charge in [0.1, 0.15) is 0 Å². The van der Waals surface area contributed by atoms with Gasteiger partial charge in [0.05, 0.1) is 6.10 Å². The first-order valence-electron chi connectivity index (χ1n) is 5.70. The zero-order valence-corrected chi connectivity index (χ0v) is 9.39. The highest BCUT2D eigenvalue weighted by molar-refractivity contribution is 5.14. The number of aryl methyl sites for hydroxylation is 1. The number of benzene rings is 1. The SMILES string of the molecule is CCC(CN)C(O)CCc1ccccc1. The van der Waals surface area contributed by atoms with Crippen molar-refractivity contribution in [3.63, 3.8) is 0 Å². The summed E-state index contributed by atoms with van der Waals surface area (Å²) in [7, 11) is 0. The van der Waals surface area contributed by atoms with Crippen molar-refractivity contribution in [1.29, 1.82) is 0 Å². The highest BCUT2D eigenvalue weighted by Crippen LogP contribution is 2.13. The minimum Gasteiger partial charge on any atom is -0.393 e. The van der Waals surface area contributed by atoms with E-state index in [1.165, 1.54) is 5.56 Å². The summed E-state index contributed by atoms with van der Waals surface area (Å²) in [4.78, 5) is 0. The first-order valence-corrected chi connectivity index (χ1v) is 5.70. The number of hydrogen-bond donors (Lipinski definition) is 2. The molecular weight excluding hydrogens is 186 g/mol. The van der Waals surface area contributed by atoms with Crippen LogP contribution in [-0.2, 0) is 6.42 Å². The molecule has 15 heavy (non-hydrogen) atoms. The van der Waals surface area contributed by atoms with Crippen LogP contribution >= 0.6 is 0 Å². The van der Waals surface area contributed by atoms with Crippen LogP contribution < -0.4 is 5.73 Å². The second-order valence-electron chi connectivity index (χ2n) is 4.00. The van der Waals surface area contributed by atoms with Gasteiger partial charge in [-0.3, -0.25) is 0 Å². The van der Waals surface area contributed by atoms with Gasteiger partial charge in [-0.25, -0.2) is 0 Å². The van der Waals surface area contributed by atoms with Crippen LogP contribution in [0, 0.1) is 5.92 Å². The standard InChI is InChI=1S/C13H21NO/c1-2-12(10-14)13(15)9-8-11-6-4-3-5-7-11/h3-7,12-13,15H,2,8-10,14H2,1H3. The van der Waals surface area contributed by atoms with Crippen molar-refractivity contribution in [3.05, 3.63) is 35.9 Å². The van der Waals surface area contributed by atoms with Crippen LogP contribution in [0.25, 0.3) is 0 Å². The highest BCUT2D eigenvalue weighted by atomic mass is 16.3. The predicted molar refractivity (Wildman–Crippen MR) is 63.6 cm³/mol. The van der Waals surface area contributed by atoms with Crippen molar-refractivity contribution < 1.29 is 5.11 Å². The first kappa shape index (κ1) is 12.2. The third kappa shape index (κ3) is 4.02. The van der Waals surface area contributed by atoms with E-state index in [-0.39, 0.29) is 12.0 Å². The van der Waals surface area contributed by atoms with Crippen molar-refractivity contribution >= 4 is 0 Å². The second-order valence-corrected chi connectivity index (χ2v) is 4.00. The summed E-state index contributed by atoms with van der Waals surface area (Å²) in [6, 6.07) is 10.3. The van der Waals surface area contributed by atoms with Crippen molar-refractivity contribution in [1.82, 2.24) is 0 Å². The van der Waals surface area contributed by atoms with Gasteiger partial charge in [0.2, 0.25) is 0 Å². The van der Waals surface area contributed by atoms with E-state index in [0.29, 0.717) is 6.54 Å². The second kappa shape index (κ2) is 6.59. The average molecular weight is 207 g/mol. The molecule has 0 spiro atoms. The van der Waals surface area contributed by atoms with E-state index < -0.39 is 0 Å². The summed E-state index contributed by atoms with van der Waals surface area (Å²) < 4.78 is 0. The van der Waals surface area contributed by atoms with Crippen LogP contribution in [0.2, 0.25) is 0 Å². The van der Waals surface area contributed by atoms with Crippen molar-refractivity contribution in [2.24, 2.45) is 11.7 Å². The topological polar surface area (TPSA) is 46.2 Å². The van der Waals surface area contributed by atoms with E-state index in [2.05, 4.69) is 19.1 Å². The number of nitrogens with two attached hydrogens (primary N) is 1. The largest absolute Gasteiger partial charge is 0.393 e. The lowest BCUT2D eigenvalue weighted by Gasteiger charge is -2.19. The van der Waals surface area contributed by atoms with Crippen LogP contribution in [-0.4, -0.2) is 17.8 Å². The lowest BCUT2D eigenvalue weighted by molar-refractivity contribution is 0.101. The van der Waals surface area contributed by atoms with E-state index in [1.807, 2.05) is 18.2 Å². The quantitative estimate of drug-likeness (QED) is 0.749. The number of aliphatic hydroxyl groups excluding tert-OH is 1. The minimum atomic E-state index is -0.264. The molecule has 2 atom stereocenters. The first-order chi connectivity index (χ1) is 7.27. The maximum Gasteiger partial charge on any atom is 0.0583 e. The molecule has 0 fully saturated rings. The zero-order valence-electron chi connectivity index (χ0n) is 9.39. The smallest absolute Gasteiger partial charge is 0.0583 e. The van der Waals surface area contributed by atoms with E-state index in [4.69, 9.17) is 5.73 Å². The average Bonchev–Trinajstić information content (AvgIpc) is 2.29. The Morgan fingerprint density at radius 2 is 1.93 bits per heavy atom. The molecule has 1 rings (SSSR count). The van der Waals surface area contributed by atoms with Gasteiger partial charge in [-0.05, 0) is 37.3 Å². The molecule has 0 radical (unpaired) electrons. The number of rotatable bonds is 6. The molecule has 0 heterocycles. The van der Waals surface area contributed by atoms with Crippen LogP contribution in [0.1, 0.15) is 25.3 Å². The van der Waals surface area contributed by atoms with Gasteiger partial charge in [0, 0.05) is 0 Å². The summed E-state index contributed by atoms with van der Waals surface area (Å²) in [5.41, 5.74) is 6.87. The molecule has 0 saturated heterocycles. The molecule has 84 valence electrons. The van der Waals surface area contributed by atoms with Gasteiger partial charge in [0.25, 0.3) is 0 Å². The van der Waals surface area contributed by atoms with Gasteiger partial charge in [0.15, 0.2) is 0 Å². The van der Waals surface area contributed by atoms with Crippen LogP contribution in [0.3, 0.4) is 0 Å². The summed E-state index contributed by atoms with van der Waals surface area (Å²) >= 11 is 0. The van der Waals surface area contributed by atoms with E-state index >= 15 is 0 Å². The molecule has 0 bridgehead atoms. The molecule has 2 heteroatoms. The Hall–Kier alpha value is -0.860. The van der Waals surface area contributed by atoms with Crippen molar-refractivity contribution in [2.75, 3.05) is 6.54 Å². The number of hydrogen-bond acceptors (Lipinski definition) is 2. The Balaban J connectivity index is 2.36. The van der Waals surface area contributed by atoms with E-state index in [1.54, 1.807) is 0 Å². The molecular formula is C13H21NO. The minimum absolute atomic E-state index is 0.244. The molecule has 1 aromatic rings. The molecule has 2 nitrogen and oxygen atoms in total. The van der Waals surface area contributed by atoms with Crippen LogP contribution in [0.4, 0.5) is 0 Å². The maximum absolute atomic E-state index is 9.89. The van der Waals surface area contributed by atoms with Gasteiger partial charge >= 0.3 is 0 Å². The van der Waals surface area contributed by atoms with Crippen LogP contribution in [0.5, 0.6) is 0 Å². The summed E-state index contributed by atoms with van der Waals surface area (Å²) in [6.07, 6.45) is 2.42. The molecule has 0 aliphatic heterocycles. The Morgan fingerprint density at radius 3 is 2.47 bits per heavy atom. The fourth-order valence-corrected chi connectivity index (χ4v) is 1.79. The lowest BCUT2D eigenvalue weighted by atomic mass is 9.94. The number of aliphatic hydroxyl groups is 1. The van der Waals surface area contributed by atoms with Gasteiger partial charge in [-0.1, -0.05) is 37.3 Å². The fraction of sp³-hybridized carbons (Fsp3) is 0.538. The highest BCUT2D eigenvalue weighted by Gasteiger charge is 2.15. The molecule has 0 aliphatic carbocycles. The van der Waals surface area contributed by atoms with E-state index in [0.717, 1.165) is 19.3 Å². The van der Waals surface area contributed by atoms with Gasteiger partial charge in [-0.2, -0.15) is 0 Å². The normalized spacial score (nSPS) is 14.9. The molecule has 0 aromatic heterocycles. The Morgan fingerprint density at radius 1 is 1.27 bits per heavy atom. The summed E-state index contributed by atoms with van der Waals surface area (Å²) in [5.74, 6) is 0.244. The molecule has 0 saturated carbocycles. The molecule has 0 aliphatic rings. The lowest BCUT2D eigenvalue weighted by Crippen LogP contribution is -2.27. The molecule has 0 amide bonds. The Kier molecular flexibility index (Phi) is 5.37. The third-order valence-corrected chi connectivity index (χ3v) is 2.94. The predicted octanol–water partition coefficient (Wildman–Crippen LogP) is 1.96. The maximum atomic E-state index is 9.89. The summed E-state index contributed by atoms with van der Waals surface area (Å²) in [5, 5.41) is 9.89. The monoisotopic (exact) mass is 207 g/mol.